The standard InChI is InChI=1S/C15H28N2O2/c1-16-10-6-4-7-13(16)9-12-17-11-5-2-3-8-14(17)15(18)19/h13-14H,2-12H2,1H3,(H,18,19). The summed E-state index contributed by atoms with van der Waals surface area (Å²) >= 11 is 0. The Kier molecular flexibility index (Phi) is 5.64. The molecule has 0 aliphatic carbocycles. The number of nitrogens with zero attached hydrogens (tertiary/aromatic N) is 2. The predicted molar refractivity (Wildman–Crippen MR) is 76.4 cm³/mol. The Hall–Kier alpha value is -0.610. The fourth-order valence-corrected chi connectivity index (χ4v) is 3.54. The predicted octanol–water partition coefficient (Wildman–Crippen LogP) is 2.19. The molecule has 1 N–H and O–H groups in total. The molecule has 110 valence electrons. The second kappa shape index (κ2) is 7.25. The molecule has 2 atom stereocenters. The Labute approximate surface area is 116 Å². The maximum absolute atomic E-state index is 11.4. The third-order valence-corrected chi connectivity index (χ3v) is 4.82. The number of carbonyl (C=O) groups is 1. The van der Waals surface area contributed by atoms with E-state index in [1.54, 1.807) is 0 Å². The van der Waals surface area contributed by atoms with Crippen molar-refractivity contribution in [1.82, 2.24) is 9.80 Å². The number of carboxylic acid groups (broad SMARTS) is 1. The smallest absolute Gasteiger partial charge is 0.320 e. The highest BCUT2D eigenvalue weighted by molar-refractivity contribution is 5.73. The Bertz CT molecular complexity index is 296. The van der Waals surface area contributed by atoms with Crippen LogP contribution in [-0.2, 0) is 4.79 Å². The van der Waals surface area contributed by atoms with Crippen LogP contribution in [0.3, 0.4) is 0 Å². The zero-order valence-corrected chi connectivity index (χ0v) is 12.2. The highest BCUT2D eigenvalue weighted by Gasteiger charge is 2.28. The first-order valence-electron chi connectivity index (χ1n) is 7.85. The Balaban J connectivity index is 1.86. The molecular formula is C15H28N2O2. The summed E-state index contributed by atoms with van der Waals surface area (Å²) in [6.07, 6.45) is 9.29. The largest absolute Gasteiger partial charge is 0.480 e. The van der Waals surface area contributed by atoms with Crippen molar-refractivity contribution in [2.75, 3.05) is 26.7 Å². The zero-order valence-electron chi connectivity index (χ0n) is 12.2. The molecule has 0 saturated carbocycles. The van der Waals surface area contributed by atoms with E-state index in [9.17, 15) is 9.90 Å². The SMILES string of the molecule is CN1CCCCC1CCN1CCCCCC1C(=O)O. The lowest BCUT2D eigenvalue weighted by Crippen LogP contribution is -2.44. The monoisotopic (exact) mass is 268 g/mol. The molecule has 2 fully saturated rings. The van der Waals surface area contributed by atoms with Crippen LogP contribution in [0.15, 0.2) is 0 Å². The van der Waals surface area contributed by atoms with Crippen LogP contribution in [0.4, 0.5) is 0 Å². The van der Waals surface area contributed by atoms with Gasteiger partial charge < -0.3 is 10.0 Å². The first kappa shape index (κ1) is 14.8. The van der Waals surface area contributed by atoms with Crippen LogP contribution in [0.25, 0.3) is 0 Å². The van der Waals surface area contributed by atoms with Gasteiger partial charge in [0, 0.05) is 12.6 Å². The van der Waals surface area contributed by atoms with Crippen LogP contribution < -0.4 is 0 Å². The van der Waals surface area contributed by atoms with Gasteiger partial charge in [-0.2, -0.15) is 0 Å². The molecule has 2 saturated heterocycles. The summed E-state index contributed by atoms with van der Waals surface area (Å²) in [6.45, 7) is 3.12. The van der Waals surface area contributed by atoms with Crippen LogP contribution >= 0.6 is 0 Å². The third-order valence-electron chi connectivity index (χ3n) is 4.82. The summed E-state index contributed by atoms with van der Waals surface area (Å²) in [5, 5.41) is 9.37. The van der Waals surface area contributed by atoms with E-state index < -0.39 is 5.97 Å². The molecule has 0 aromatic carbocycles. The van der Waals surface area contributed by atoms with Gasteiger partial charge in [0.1, 0.15) is 6.04 Å². The fraction of sp³-hybridized carbons (Fsp3) is 0.933. The molecule has 4 nitrogen and oxygen atoms in total. The van der Waals surface area contributed by atoms with Gasteiger partial charge in [0.05, 0.1) is 0 Å². The van der Waals surface area contributed by atoms with Crippen molar-refractivity contribution in [2.24, 2.45) is 0 Å². The average molecular weight is 268 g/mol. The number of likely N-dealkylation sites (tertiary alicyclic amines) is 2. The molecule has 2 heterocycles. The lowest BCUT2D eigenvalue weighted by molar-refractivity contribution is -0.143. The van der Waals surface area contributed by atoms with E-state index in [-0.39, 0.29) is 6.04 Å². The molecule has 0 aromatic rings. The Morgan fingerprint density at radius 2 is 1.84 bits per heavy atom. The van der Waals surface area contributed by atoms with Crippen molar-refractivity contribution < 1.29 is 9.90 Å². The number of carboxylic acids is 1. The second-order valence-electron chi connectivity index (χ2n) is 6.16. The van der Waals surface area contributed by atoms with Crippen LogP contribution in [0, 0.1) is 0 Å². The lowest BCUT2D eigenvalue weighted by Gasteiger charge is -2.35. The van der Waals surface area contributed by atoms with Crippen molar-refractivity contribution in [1.29, 1.82) is 0 Å². The zero-order chi connectivity index (χ0) is 13.7. The number of piperidine rings is 1. The number of rotatable bonds is 4. The van der Waals surface area contributed by atoms with Gasteiger partial charge in [-0.05, 0) is 52.2 Å². The summed E-state index contributed by atoms with van der Waals surface area (Å²) in [5.74, 6) is -0.626. The van der Waals surface area contributed by atoms with Gasteiger partial charge in [-0.3, -0.25) is 9.69 Å². The van der Waals surface area contributed by atoms with Crippen LogP contribution in [0.1, 0.15) is 51.4 Å². The number of aliphatic carboxylic acids is 1. The van der Waals surface area contributed by atoms with Gasteiger partial charge in [-0.15, -0.1) is 0 Å². The molecule has 4 heteroatoms. The van der Waals surface area contributed by atoms with Gasteiger partial charge in [-0.25, -0.2) is 0 Å². The van der Waals surface area contributed by atoms with E-state index >= 15 is 0 Å². The number of hydrogen-bond donors (Lipinski definition) is 1. The second-order valence-corrected chi connectivity index (χ2v) is 6.16. The normalized spacial score (nSPS) is 31.0. The maximum Gasteiger partial charge on any atom is 0.320 e. The molecule has 0 spiro atoms. The maximum atomic E-state index is 11.4. The van der Waals surface area contributed by atoms with Crippen molar-refractivity contribution >= 4 is 5.97 Å². The van der Waals surface area contributed by atoms with Gasteiger partial charge >= 0.3 is 5.97 Å². The number of hydrogen-bond acceptors (Lipinski definition) is 3. The lowest BCUT2D eigenvalue weighted by atomic mass is 9.99. The van der Waals surface area contributed by atoms with Gasteiger partial charge in [0.2, 0.25) is 0 Å². The van der Waals surface area contributed by atoms with E-state index in [4.69, 9.17) is 0 Å². The quantitative estimate of drug-likeness (QED) is 0.849. The summed E-state index contributed by atoms with van der Waals surface area (Å²) in [5.41, 5.74) is 0. The molecule has 2 rings (SSSR count). The molecular weight excluding hydrogens is 240 g/mol. The fourth-order valence-electron chi connectivity index (χ4n) is 3.54. The van der Waals surface area contributed by atoms with E-state index in [0.29, 0.717) is 6.04 Å². The molecule has 0 bridgehead atoms. The minimum absolute atomic E-state index is 0.239. The molecule has 19 heavy (non-hydrogen) atoms. The first-order valence-corrected chi connectivity index (χ1v) is 7.85. The van der Waals surface area contributed by atoms with Crippen LogP contribution in [0.2, 0.25) is 0 Å². The molecule has 2 unspecified atom stereocenters. The van der Waals surface area contributed by atoms with Crippen molar-refractivity contribution in [3.05, 3.63) is 0 Å². The Morgan fingerprint density at radius 3 is 2.58 bits per heavy atom. The van der Waals surface area contributed by atoms with Gasteiger partial charge in [-0.1, -0.05) is 19.3 Å². The van der Waals surface area contributed by atoms with Crippen LogP contribution in [0.5, 0.6) is 0 Å². The summed E-state index contributed by atoms with van der Waals surface area (Å²) < 4.78 is 0. The van der Waals surface area contributed by atoms with Gasteiger partial charge in [0.15, 0.2) is 0 Å². The van der Waals surface area contributed by atoms with Crippen molar-refractivity contribution in [3.8, 4) is 0 Å². The highest BCUT2D eigenvalue weighted by Crippen LogP contribution is 2.21. The average Bonchev–Trinajstić information content (AvgIpc) is 2.63. The van der Waals surface area contributed by atoms with E-state index in [0.717, 1.165) is 38.8 Å². The summed E-state index contributed by atoms with van der Waals surface area (Å²) in [4.78, 5) is 16.1. The minimum atomic E-state index is -0.626. The van der Waals surface area contributed by atoms with Crippen LogP contribution in [-0.4, -0.2) is 59.6 Å². The van der Waals surface area contributed by atoms with Crippen molar-refractivity contribution in [2.45, 2.75) is 63.5 Å². The van der Waals surface area contributed by atoms with E-state index in [2.05, 4.69) is 16.8 Å². The summed E-state index contributed by atoms with van der Waals surface area (Å²) in [6, 6.07) is 0.419. The van der Waals surface area contributed by atoms with Crippen molar-refractivity contribution in [3.63, 3.8) is 0 Å². The molecule has 0 radical (unpaired) electrons. The topological polar surface area (TPSA) is 43.8 Å². The van der Waals surface area contributed by atoms with E-state index in [1.165, 1.54) is 32.2 Å². The minimum Gasteiger partial charge on any atom is -0.480 e. The highest BCUT2D eigenvalue weighted by atomic mass is 16.4. The summed E-state index contributed by atoms with van der Waals surface area (Å²) in [7, 11) is 2.21. The first-order chi connectivity index (χ1) is 9.18. The molecule has 0 aromatic heterocycles. The van der Waals surface area contributed by atoms with E-state index in [1.807, 2.05) is 0 Å². The molecule has 2 aliphatic rings. The Morgan fingerprint density at radius 1 is 1.11 bits per heavy atom. The third kappa shape index (κ3) is 4.18. The molecule has 0 amide bonds. The van der Waals surface area contributed by atoms with Gasteiger partial charge in [0.25, 0.3) is 0 Å². The molecule has 2 aliphatic heterocycles.